The summed E-state index contributed by atoms with van der Waals surface area (Å²) in [5.74, 6) is 0.426. The van der Waals surface area contributed by atoms with E-state index in [0.29, 0.717) is 12.5 Å². The molecule has 1 atom stereocenters. The molecule has 1 aromatic rings. The number of anilines is 2. The van der Waals surface area contributed by atoms with Crippen LogP contribution in [0.5, 0.6) is 0 Å². The molecule has 0 aliphatic rings. The van der Waals surface area contributed by atoms with E-state index in [1.165, 1.54) is 6.92 Å². The standard InChI is InChI=1S/C14H22N2O2/c1-10(2)14(9-18-4)16-13-7-5-12(6-8-13)15-11(3)17/h5-8,10,14,16H,9H2,1-4H3,(H,15,17). The number of hydrogen-bond acceptors (Lipinski definition) is 3. The summed E-state index contributed by atoms with van der Waals surface area (Å²) in [4.78, 5) is 10.9. The van der Waals surface area contributed by atoms with Crippen molar-refractivity contribution in [3.05, 3.63) is 24.3 Å². The third kappa shape index (κ3) is 4.75. The first-order valence-corrected chi connectivity index (χ1v) is 6.16. The zero-order chi connectivity index (χ0) is 13.5. The molecule has 1 unspecified atom stereocenters. The molecule has 1 amide bonds. The van der Waals surface area contributed by atoms with Crippen molar-refractivity contribution in [3.63, 3.8) is 0 Å². The predicted molar refractivity (Wildman–Crippen MR) is 74.9 cm³/mol. The third-order valence-electron chi connectivity index (χ3n) is 2.71. The van der Waals surface area contributed by atoms with Gasteiger partial charge in [-0.05, 0) is 30.2 Å². The van der Waals surface area contributed by atoms with Gasteiger partial charge in [0.25, 0.3) is 0 Å². The minimum absolute atomic E-state index is 0.0600. The van der Waals surface area contributed by atoms with Crippen LogP contribution in [0.15, 0.2) is 24.3 Å². The van der Waals surface area contributed by atoms with Gasteiger partial charge in [-0.2, -0.15) is 0 Å². The van der Waals surface area contributed by atoms with Gasteiger partial charge in [-0.15, -0.1) is 0 Å². The van der Waals surface area contributed by atoms with Gasteiger partial charge in [0.1, 0.15) is 0 Å². The molecule has 0 spiro atoms. The number of methoxy groups -OCH3 is 1. The molecule has 0 saturated heterocycles. The molecule has 0 bridgehead atoms. The first-order valence-electron chi connectivity index (χ1n) is 6.16. The van der Waals surface area contributed by atoms with Gasteiger partial charge in [0.2, 0.25) is 5.91 Å². The van der Waals surface area contributed by atoms with Crippen molar-refractivity contribution < 1.29 is 9.53 Å². The maximum absolute atomic E-state index is 10.9. The average Bonchev–Trinajstić information content (AvgIpc) is 2.30. The summed E-state index contributed by atoms with van der Waals surface area (Å²) in [6.07, 6.45) is 0. The van der Waals surface area contributed by atoms with Crippen molar-refractivity contribution in [1.82, 2.24) is 0 Å². The van der Waals surface area contributed by atoms with Crippen LogP contribution >= 0.6 is 0 Å². The van der Waals surface area contributed by atoms with E-state index < -0.39 is 0 Å². The van der Waals surface area contributed by atoms with Gasteiger partial charge in [0, 0.05) is 25.4 Å². The maximum Gasteiger partial charge on any atom is 0.221 e. The van der Waals surface area contributed by atoms with Crippen molar-refractivity contribution in [3.8, 4) is 0 Å². The molecule has 2 N–H and O–H groups in total. The Balaban J connectivity index is 2.64. The quantitative estimate of drug-likeness (QED) is 0.816. The first-order chi connectivity index (χ1) is 8.52. The highest BCUT2D eigenvalue weighted by molar-refractivity contribution is 5.88. The van der Waals surface area contributed by atoms with E-state index in [1.807, 2.05) is 24.3 Å². The van der Waals surface area contributed by atoms with Crippen LogP contribution in [-0.2, 0) is 9.53 Å². The summed E-state index contributed by atoms with van der Waals surface area (Å²) in [7, 11) is 1.71. The van der Waals surface area contributed by atoms with E-state index in [9.17, 15) is 4.79 Å². The lowest BCUT2D eigenvalue weighted by atomic mass is 10.1. The minimum atomic E-state index is -0.0600. The number of ether oxygens (including phenoxy) is 1. The van der Waals surface area contributed by atoms with E-state index in [2.05, 4.69) is 24.5 Å². The number of amides is 1. The number of hydrogen-bond donors (Lipinski definition) is 2. The molecule has 4 nitrogen and oxygen atoms in total. The van der Waals surface area contributed by atoms with Crippen molar-refractivity contribution in [1.29, 1.82) is 0 Å². The molecular weight excluding hydrogens is 228 g/mol. The van der Waals surface area contributed by atoms with Gasteiger partial charge in [-0.3, -0.25) is 4.79 Å². The van der Waals surface area contributed by atoms with Crippen molar-refractivity contribution >= 4 is 17.3 Å². The van der Waals surface area contributed by atoms with Crippen LogP contribution < -0.4 is 10.6 Å². The van der Waals surface area contributed by atoms with Crippen molar-refractivity contribution in [2.24, 2.45) is 5.92 Å². The monoisotopic (exact) mass is 250 g/mol. The lowest BCUT2D eigenvalue weighted by Crippen LogP contribution is -2.30. The van der Waals surface area contributed by atoms with E-state index in [0.717, 1.165) is 11.4 Å². The second-order valence-electron chi connectivity index (χ2n) is 4.71. The summed E-state index contributed by atoms with van der Waals surface area (Å²) in [6, 6.07) is 7.95. The van der Waals surface area contributed by atoms with Gasteiger partial charge in [0.05, 0.1) is 12.6 Å². The molecule has 0 aliphatic carbocycles. The van der Waals surface area contributed by atoms with E-state index in [1.54, 1.807) is 7.11 Å². The molecule has 0 saturated carbocycles. The third-order valence-corrected chi connectivity index (χ3v) is 2.71. The van der Waals surface area contributed by atoms with Gasteiger partial charge < -0.3 is 15.4 Å². The van der Waals surface area contributed by atoms with Crippen LogP contribution in [0.25, 0.3) is 0 Å². The van der Waals surface area contributed by atoms with E-state index in [-0.39, 0.29) is 11.9 Å². The zero-order valence-corrected chi connectivity index (χ0v) is 11.5. The fourth-order valence-corrected chi connectivity index (χ4v) is 1.65. The molecule has 0 heterocycles. The summed E-state index contributed by atoms with van der Waals surface area (Å²) < 4.78 is 5.19. The second-order valence-corrected chi connectivity index (χ2v) is 4.71. The SMILES string of the molecule is COCC(Nc1ccc(NC(C)=O)cc1)C(C)C. The van der Waals surface area contributed by atoms with Crippen molar-refractivity contribution in [2.75, 3.05) is 24.4 Å². The maximum atomic E-state index is 10.9. The predicted octanol–water partition coefficient (Wildman–Crippen LogP) is 2.73. The van der Waals surface area contributed by atoms with Crippen LogP contribution in [0, 0.1) is 5.92 Å². The average molecular weight is 250 g/mol. The highest BCUT2D eigenvalue weighted by atomic mass is 16.5. The van der Waals surface area contributed by atoms with Gasteiger partial charge in [-0.25, -0.2) is 0 Å². The number of carbonyl (C=O) groups excluding carboxylic acids is 1. The van der Waals surface area contributed by atoms with E-state index in [4.69, 9.17) is 4.74 Å². The normalized spacial score (nSPS) is 12.3. The molecule has 0 fully saturated rings. The molecular formula is C14H22N2O2. The molecule has 1 aromatic carbocycles. The molecule has 0 radical (unpaired) electrons. The number of rotatable bonds is 6. The van der Waals surface area contributed by atoms with Crippen molar-refractivity contribution in [2.45, 2.75) is 26.8 Å². The lowest BCUT2D eigenvalue weighted by Gasteiger charge is -2.22. The van der Waals surface area contributed by atoms with Crippen LogP contribution in [0.4, 0.5) is 11.4 Å². The summed E-state index contributed by atoms with van der Waals surface area (Å²) in [5.41, 5.74) is 1.83. The second kappa shape index (κ2) is 7.01. The Labute approximate surface area is 109 Å². The van der Waals surface area contributed by atoms with Gasteiger partial charge in [-0.1, -0.05) is 13.8 Å². The highest BCUT2D eigenvalue weighted by Crippen LogP contribution is 2.16. The Bertz CT molecular complexity index is 374. The topological polar surface area (TPSA) is 50.4 Å². The molecule has 100 valence electrons. The summed E-state index contributed by atoms with van der Waals surface area (Å²) in [6.45, 7) is 6.48. The van der Waals surface area contributed by atoms with Crippen LogP contribution in [0.2, 0.25) is 0 Å². The lowest BCUT2D eigenvalue weighted by molar-refractivity contribution is -0.114. The molecule has 4 heteroatoms. The Morgan fingerprint density at radius 2 is 1.78 bits per heavy atom. The first kappa shape index (κ1) is 14.5. The molecule has 1 rings (SSSR count). The summed E-state index contributed by atoms with van der Waals surface area (Å²) >= 11 is 0. The largest absolute Gasteiger partial charge is 0.383 e. The number of nitrogens with one attached hydrogen (secondary N) is 2. The molecule has 0 aliphatic heterocycles. The highest BCUT2D eigenvalue weighted by Gasteiger charge is 2.12. The van der Waals surface area contributed by atoms with Gasteiger partial charge >= 0.3 is 0 Å². The zero-order valence-electron chi connectivity index (χ0n) is 11.5. The van der Waals surface area contributed by atoms with Crippen LogP contribution in [0.1, 0.15) is 20.8 Å². The summed E-state index contributed by atoms with van der Waals surface area (Å²) in [5, 5.41) is 6.16. The fraction of sp³-hybridized carbons (Fsp3) is 0.500. The number of benzene rings is 1. The Morgan fingerprint density at radius 3 is 2.22 bits per heavy atom. The van der Waals surface area contributed by atoms with Crippen LogP contribution in [0.3, 0.4) is 0 Å². The van der Waals surface area contributed by atoms with Gasteiger partial charge in [0.15, 0.2) is 0 Å². The smallest absolute Gasteiger partial charge is 0.221 e. The Morgan fingerprint density at radius 1 is 1.22 bits per heavy atom. The Hall–Kier alpha value is -1.55. The number of carbonyl (C=O) groups is 1. The fourth-order valence-electron chi connectivity index (χ4n) is 1.65. The molecule has 18 heavy (non-hydrogen) atoms. The van der Waals surface area contributed by atoms with E-state index >= 15 is 0 Å². The minimum Gasteiger partial charge on any atom is -0.383 e. The Kier molecular flexibility index (Phi) is 5.65. The molecule has 0 aromatic heterocycles. The van der Waals surface area contributed by atoms with Crippen LogP contribution in [-0.4, -0.2) is 25.7 Å².